The first-order chi connectivity index (χ1) is 21.3. The van der Waals surface area contributed by atoms with Crippen molar-refractivity contribution in [2.75, 3.05) is 6.61 Å². The molecule has 0 saturated heterocycles. The van der Waals surface area contributed by atoms with Crippen molar-refractivity contribution in [3.63, 3.8) is 0 Å². The molecule has 2 saturated carbocycles. The van der Waals surface area contributed by atoms with Crippen molar-refractivity contribution in [3.05, 3.63) is 47.5 Å². The molecule has 0 amide bonds. The fourth-order valence-corrected chi connectivity index (χ4v) is 9.40. The Kier molecular flexibility index (Phi) is 9.90. The third kappa shape index (κ3) is 6.35. The minimum Gasteiger partial charge on any atom is -0.462 e. The average Bonchev–Trinajstić information content (AvgIpc) is 3.44. The molecular formula is C38H52O7. The molecule has 4 aliphatic rings. The molecular weight excluding hydrogens is 568 g/mol. The molecule has 2 bridgehead atoms. The van der Waals surface area contributed by atoms with Gasteiger partial charge in [0.2, 0.25) is 0 Å². The normalized spacial score (nSPS) is 35.3. The number of benzene rings is 1. The van der Waals surface area contributed by atoms with Crippen LogP contribution in [-0.4, -0.2) is 57.8 Å². The third-order valence-corrected chi connectivity index (χ3v) is 11.7. The first-order valence-electron chi connectivity index (χ1n) is 17.0. The number of rotatable bonds is 11. The predicted molar refractivity (Wildman–Crippen MR) is 172 cm³/mol. The highest BCUT2D eigenvalue weighted by Gasteiger charge is 2.76. The van der Waals surface area contributed by atoms with E-state index in [9.17, 15) is 24.9 Å². The van der Waals surface area contributed by atoms with Crippen molar-refractivity contribution in [2.24, 2.45) is 28.1 Å². The van der Waals surface area contributed by atoms with Crippen LogP contribution in [0.5, 0.6) is 0 Å². The van der Waals surface area contributed by atoms with E-state index in [-0.39, 0.29) is 25.4 Å². The van der Waals surface area contributed by atoms with Crippen LogP contribution >= 0.6 is 0 Å². The lowest BCUT2D eigenvalue weighted by Gasteiger charge is -2.70. The summed E-state index contributed by atoms with van der Waals surface area (Å²) in [6.45, 7) is 8.50. The summed E-state index contributed by atoms with van der Waals surface area (Å²) in [5, 5.41) is 38.2. The fraction of sp³-hybridized carbons (Fsp3) is 0.684. The fourth-order valence-electron chi connectivity index (χ4n) is 9.40. The number of aliphatic hydroxyl groups excluding tert-OH is 2. The maximum Gasteiger partial charge on any atom is 0.331 e. The van der Waals surface area contributed by atoms with Gasteiger partial charge in [0.25, 0.3) is 0 Å². The quantitative estimate of drug-likeness (QED) is 0.215. The highest BCUT2D eigenvalue weighted by molar-refractivity contribution is 5.85. The van der Waals surface area contributed by atoms with Crippen molar-refractivity contribution < 1.29 is 34.4 Å². The zero-order valence-electron chi connectivity index (χ0n) is 27.5. The van der Waals surface area contributed by atoms with Gasteiger partial charge >= 0.3 is 11.9 Å². The Morgan fingerprint density at radius 2 is 1.82 bits per heavy atom. The van der Waals surface area contributed by atoms with Gasteiger partial charge in [-0.1, -0.05) is 63.4 Å². The van der Waals surface area contributed by atoms with Crippen LogP contribution < -0.4 is 0 Å². The molecule has 2 fully saturated rings. The van der Waals surface area contributed by atoms with E-state index in [2.05, 4.69) is 56.9 Å². The number of aryl methyl sites for hydroxylation is 1. The standard InChI is InChI=1S/C38H52O7/c1-26(11-10-14-27-12-6-5-7-13-27)16-17-30(39)38-31(40)19-21-35(2,3)34(38)29-24-36(4,20-9-8-15-32(41)45-29)37(38,43)22-18-28-23-33(42)44-25-28/h5-7,12-13,23,26,29-31,34,39-40,43H,8,10-11,14-19,21-22,24-25H2,1-4H3. The van der Waals surface area contributed by atoms with Crippen LogP contribution in [-0.2, 0) is 25.5 Å². The van der Waals surface area contributed by atoms with E-state index in [1.54, 1.807) is 0 Å². The number of aliphatic hydroxyl groups is 3. The van der Waals surface area contributed by atoms with E-state index in [0.717, 1.165) is 31.3 Å². The molecule has 2 aliphatic heterocycles. The summed E-state index contributed by atoms with van der Waals surface area (Å²) in [5.41, 5.74) is -2.51. The molecule has 0 spiro atoms. The van der Waals surface area contributed by atoms with Gasteiger partial charge in [0.15, 0.2) is 0 Å². The minimum atomic E-state index is -1.65. The maximum atomic E-state index is 13.4. The third-order valence-electron chi connectivity index (χ3n) is 11.7. The largest absolute Gasteiger partial charge is 0.462 e. The first kappa shape index (κ1) is 33.7. The van der Waals surface area contributed by atoms with Crippen LogP contribution in [0.3, 0.4) is 0 Å². The number of ether oxygens (including phenoxy) is 2. The van der Waals surface area contributed by atoms with E-state index in [4.69, 9.17) is 9.47 Å². The molecule has 3 N–H and O–H groups in total. The average molecular weight is 621 g/mol. The van der Waals surface area contributed by atoms with Crippen LogP contribution in [0.25, 0.3) is 0 Å². The van der Waals surface area contributed by atoms with Gasteiger partial charge in [-0.3, -0.25) is 4.79 Å². The Labute approximate surface area is 268 Å². The highest BCUT2D eigenvalue weighted by Crippen LogP contribution is 2.69. The summed E-state index contributed by atoms with van der Waals surface area (Å²) < 4.78 is 11.4. The molecule has 246 valence electrons. The van der Waals surface area contributed by atoms with E-state index in [1.165, 1.54) is 11.6 Å². The van der Waals surface area contributed by atoms with Crippen molar-refractivity contribution in [2.45, 2.75) is 129 Å². The lowest BCUT2D eigenvalue weighted by Crippen LogP contribution is -2.78. The Balaban J connectivity index is 1.51. The summed E-state index contributed by atoms with van der Waals surface area (Å²) in [5.74, 6) is 5.61. The zero-order valence-corrected chi connectivity index (χ0v) is 27.5. The lowest BCUT2D eigenvalue weighted by molar-refractivity contribution is -0.331. The van der Waals surface area contributed by atoms with Gasteiger partial charge in [-0.05, 0) is 80.8 Å². The van der Waals surface area contributed by atoms with Crippen molar-refractivity contribution >= 4 is 11.9 Å². The summed E-state index contributed by atoms with van der Waals surface area (Å²) >= 11 is 0. The summed E-state index contributed by atoms with van der Waals surface area (Å²) in [6.07, 6.45) is 5.34. The molecule has 1 aromatic rings. The minimum absolute atomic E-state index is 0.163. The molecule has 8 atom stereocenters. The maximum absolute atomic E-state index is 13.4. The smallest absolute Gasteiger partial charge is 0.331 e. The van der Waals surface area contributed by atoms with Crippen molar-refractivity contribution in [1.29, 1.82) is 0 Å². The molecule has 2 heterocycles. The van der Waals surface area contributed by atoms with Crippen LogP contribution in [0.4, 0.5) is 0 Å². The molecule has 0 radical (unpaired) electrons. The van der Waals surface area contributed by atoms with Crippen LogP contribution in [0.15, 0.2) is 42.0 Å². The van der Waals surface area contributed by atoms with Gasteiger partial charge in [0.1, 0.15) is 12.7 Å². The zero-order chi connectivity index (χ0) is 32.5. The predicted octanol–water partition coefficient (Wildman–Crippen LogP) is 5.68. The Morgan fingerprint density at radius 1 is 1.07 bits per heavy atom. The molecule has 5 rings (SSSR count). The lowest BCUT2D eigenvalue weighted by atomic mass is 9.37. The van der Waals surface area contributed by atoms with Gasteiger partial charge in [0, 0.05) is 24.8 Å². The van der Waals surface area contributed by atoms with Gasteiger partial charge in [-0.25, -0.2) is 4.79 Å². The molecule has 1 aromatic carbocycles. The molecule has 7 nitrogen and oxygen atoms in total. The van der Waals surface area contributed by atoms with E-state index < -0.39 is 52.0 Å². The Hall–Kier alpha value is -2.66. The van der Waals surface area contributed by atoms with E-state index in [0.29, 0.717) is 44.4 Å². The number of cyclic esters (lactones) is 1. The Morgan fingerprint density at radius 3 is 2.53 bits per heavy atom. The van der Waals surface area contributed by atoms with E-state index >= 15 is 0 Å². The number of hydrogen-bond acceptors (Lipinski definition) is 7. The second-order valence-corrected chi connectivity index (χ2v) is 15.2. The number of esters is 2. The topological polar surface area (TPSA) is 113 Å². The summed E-state index contributed by atoms with van der Waals surface area (Å²) in [7, 11) is 0. The number of fused-ring (bicyclic) bond motifs is 4. The number of carbonyl (C=O) groups excluding carboxylic acids is 2. The molecule has 45 heavy (non-hydrogen) atoms. The van der Waals surface area contributed by atoms with Crippen molar-refractivity contribution in [1.82, 2.24) is 0 Å². The number of carbonyl (C=O) groups is 2. The summed E-state index contributed by atoms with van der Waals surface area (Å²) in [6, 6.07) is 10.4. The monoisotopic (exact) mass is 620 g/mol. The second-order valence-electron chi connectivity index (χ2n) is 15.2. The Bertz CT molecular complexity index is 1320. The second kappa shape index (κ2) is 13.2. The van der Waals surface area contributed by atoms with Crippen LogP contribution in [0, 0.1) is 39.9 Å². The van der Waals surface area contributed by atoms with Gasteiger partial charge in [0.05, 0.1) is 35.1 Å². The SMILES string of the molecule is CC(CCCc1ccccc1)CCC(O)C12C(O)CCC(C)(C)C1C1CC(C)(C#CCCC(=O)O1)C2(O)CCC1=CC(=O)OC1. The van der Waals surface area contributed by atoms with Gasteiger partial charge < -0.3 is 24.8 Å². The number of hydrogen-bond donors (Lipinski definition) is 3. The molecule has 7 heteroatoms. The molecule has 0 aromatic heterocycles. The summed E-state index contributed by atoms with van der Waals surface area (Å²) in [4.78, 5) is 24.9. The van der Waals surface area contributed by atoms with Crippen LogP contribution in [0.2, 0.25) is 0 Å². The van der Waals surface area contributed by atoms with Gasteiger partial charge in [-0.2, -0.15) is 0 Å². The molecule has 8 unspecified atom stereocenters. The van der Waals surface area contributed by atoms with Crippen LogP contribution in [0.1, 0.15) is 104 Å². The van der Waals surface area contributed by atoms with Gasteiger partial charge in [-0.15, -0.1) is 5.92 Å². The van der Waals surface area contributed by atoms with E-state index in [1.807, 2.05) is 13.0 Å². The molecule has 2 aliphatic carbocycles. The first-order valence-corrected chi connectivity index (χ1v) is 17.0. The highest BCUT2D eigenvalue weighted by atomic mass is 16.5. The van der Waals surface area contributed by atoms with Crippen molar-refractivity contribution in [3.8, 4) is 11.8 Å².